The van der Waals surface area contributed by atoms with Crippen molar-refractivity contribution in [1.82, 2.24) is 26.3 Å². The zero-order chi connectivity index (χ0) is 40.3. The average Bonchev–Trinajstić information content (AvgIpc) is 3.12. The van der Waals surface area contributed by atoms with Gasteiger partial charge in [0, 0.05) is 24.1 Å². The highest BCUT2D eigenvalue weighted by Gasteiger charge is 2.45. The number of aliphatic hydroxyl groups is 1. The van der Waals surface area contributed by atoms with Crippen LogP contribution in [0.5, 0.6) is 0 Å². The maximum Gasteiger partial charge on any atom is 0.407 e. The predicted octanol–water partition coefficient (Wildman–Crippen LogP) is 3.57. The summed E-state index contributed by atoms with van der Waals surface area (Å²) in [5.74, 6) is -1.38. The van der Waals surface area contributed by atoms with Gasteiger partial charge in [-0.05, 0) is 61.8 Å². The van der Waals surface area contributed by atoms with E-state index in [1.807, 2.05) is 60.7 Å². The van der Waals surface area contributed by atoms with Crippen molar-refractivity contribution in [1.29, 1.82) is 0 Å². The molecule has 5 atom stereocenters. The Balaban J connectivity index is 2.01. The van der Waals surface area contributed by atoms with Crippen LogP contribution in [0.2, 0.25) is 0 Å². The topological polar surface area (TPSA) is 202 Å². The van der Waals surface area contributed by atoms with Gasteiger partial charge in [0.15, 0.2) is 9.84 Å². The van der Waals surface area contributed by atoms with E-state index in [1.165, 1.54) is 21.0 Å². The summed E-state index contributed by atoms with van der Waals surface area (Å²) in [6, 6.07) is 17.9. The molecular weight excluding hydrogens is 715 g/mol. The fraction of sp³-hybridized carbons (Fsp3) is 0.462. The third-order valence-electron chi connectivity index (χ3n) is 9.30. The third-order valence-corrected chi connectivity index (χ3v) is 11.4. The van der Waals surface area contributed by atoms with E-state index in [4.69, 9.17) is 4.74 Å². The molecule has 5 unspecified atom stereocenters. The Bertz CT molecular complexity index is 1820. The van der Waals surface area contributed by atoms with Crippen LogP contribution in [0.15, 0.2) is 79.0 Å². The van der Waals surface area contributed by atoms with Crippen molar-refractivity contribution in [2.24, 2.45) is 5.41 Å². The number of aliphatic hydroxyl groups excluding tert-OH is 1. The molecule has 3 aromatic rings. The van der Waals surface area contributed by atoms with Gasteiger partial charge in [-0.2, -0.15) is 0 Å². The molecule has 0 saturated carbocycles. The lowest BCUT2D eigenvalue weighted by molar-refractivity contribution is -0.127. The number of amides is 4. The van der Waals surface area contributed by atoms with Crippen molar-refractivity contribution in [2.45, 2.75) is 88.9 Å². The van der Waals surface area contributed by atoms with Crippen LogP contribution >= 0.6 is 0 Å². The third kappa shape index (κ3) is 12.3. The first-order chi connectivity index (χ1) is 25.3. The number of carbonyl (C=O) groups is 4. The highest BCUT2D eigenvalue weighted by molar-refractivity contribution is 7.92. The van der Waals surface area contributed by atoms with Crippen LogP contribution in [0.25, 0.3) is 11.3 Å². The molecule has 0 saturated heterocycles. The summed E-state index contributed by atoms with van der Waals surface area (Å²) in [6.45, 7) is 7.98. The second kappa shape index (κ2) is 18.8. The van der Waals surface area contributed by atoms with Gasteiger partial charge in [0.05, 0.1) is 36.8 Å². The molecule has 2 aromatic carbocycles. The summed E-state index contributed by atoms with van der Waals surface area (Å²) in [5.41, 5.74) is 2.50. The highest BCUT2D eigenvalue weighted by Crippen LogP contribution is 2.24. The fourth-order valence-electron chi connectivity index (χ4n) is 5.78. The summed E-state index contributed by atoms with van der Waals surface area (Å²) in [5, 5.41) is 22.7. The number of benzene rings is 2. The minimum atomic E-state index is -3.92. The fourth-order valence-corrected chi connectivity index (χ4v) is 6.37. The first-order valence-electron chi connectivity index (χ1n) is 17.5. The average molecular weight is 768 g/mol. The molecule has 0 fully saturated rings. The van der Waals surface area contributed by atoms with Gasteiger partial charge in [-0.25, -0.2) is 18.0 Å². The lowest BCUT2D eigenvalue weighted by atomic mass is 9.85. The van der Waals surface area contributed by atoms with Crippen molar-refractivity contribution in [3.05, 3.63) is 90.1 Å². The zero-order valence-corrected chi connectivity index (χ0v) is 32.9. The maximum atomic E-state index is 13.9. The largest absolute Gasteiger partial charge is 0.453 e. The molecule has 0 bridgehead atoms. The van der Waals surface area contributed by atoms with Crippen LogP contribution < -0.4 is 21.3 Å². The molecular formula is C39H53N5O9S. The van der Waals surface area contributed by atoms with Crippen LogP contribution in [0.1, 0.15) is 52.2 Å². The highest BCUT2D eigenvalue weighted by atomic mass is 32.2. The van der Waals surface area contributed by atoms with Gasteiger partial charge in [0.25, 0.3) is 0 Å². The summed E-state index contributed by atoms with van der Waals surface area (Å²) >= 11 is 0. The summed E-state index contributed by atoms with van der Waals surface area (Å²) < 4.78 is 33.3. The molecule has 1 aromatic heterocycles. The number of pyridine rings is 1. The number of carbonyl (C=O) groups excluding carboxylic acids is 4. The normalized spacial score (nSPS) is 14.7. The molecule has 0 radical (unpaired) electrons. The van der Waals surface area contributed by atoms with Gasteiger partial charge in [-0.15, -0.1) is 0 Å². The molecule has 0 aliphatic carbocycles. The van der Waals surface area contributed by atoms with E-state index < -0.39 is 74.3 Å². The van der Waals surface area contributed by atoms with E-state index in [9.17, 15) is 32.7 Å². The molecule has 5 N–H and O–H groups in total. The lowest BCUT2D eigenvalue weighted by Gasteiger charge is -2.35. The molecule has 54 heavy (non-hydrogen) atoms. The quantitative estimate of drug-likeness (QED) is 0.144. The number of ether oxygens (including phenoxy) is 2. The minimum Gasteiger partial charge on any atom is -0.453 e. The number of sulfone groups is 1. The van der Waals surface area contributed by atoms with E-state index in [0.717, 1.165) is 35.7 Å². The van der Waals surface area contributed by atoms with E-state index >= 15 is 0 Å². The Labute approximate surface area is 317 Å². The van der Waals surface area contributed by atoms with Crippen LogP contribution in [0.4, 0.5) is 9.59 Å². The van der Waals surface area contributed by atoms with Gasteiger partial charge < -0.3 is 35.8 Å². The molecule has 4 amide bonds. The first-order valence-corrected chi connectivity index (χ1v) is 19.4. The molecule has 0 aliphatic heterocycles. The van der Waals surface area contributed by atoms with Crippen LogP contribution in [-0.4, -0.2) is 98.0 Å². The van der Waals surface area contributed by atoms with Crippen LogP contribution in [0.3, 0.4) is 0 Å². The van der Waals surface area contributed by atoms with E-state index in [-0.39, 0.29) is 19.3 Å². The second-order valence-electron chi connectivity index (χ2n) is 14.8. The number of aromatic nitrogens is 1. The SMILES string of the molecule is COC(=O)NC(C(=O)NC(Cc1ccc(-c2ccccn2)cc1)CC(O)C(Cc1ccccc1)NC(=O)C(NC(=O)OC)C(C)(C)S(C)(=O)=O)C(C)(C)C. The maximum absolute atomic E-state index is 13.9. The number of methoxy groups -OCH3 is 2. The van der Waals surface area contributed by atoms with E-state index in [1.54, 1.807) is 39.1 Å². The van der Waals surface area contributed by atoms with Gasteiger partial charge in [0.2, 0.25) is 11.8 Å². The Hall–Kier alpha value is -5.02. The predicted molar refractivity (Wildman–Crippen MR) is 205 cm³/mol. The molecule has 294 valence electrons. The van der Waals surface area contributed by atoms with Gasteiger partial charge in [-0.3, -0.25) is 14.6 Å². The minimum absolute atomic E-state index is 0.0782. The van der Waals surface area contributed by atoms with Crippen molar-refractivity contribution in [3.63, 3.8) is 0 Å². The van der Waals surface area contributed by atoms with Crippen molar-refractivity contribution >= 4 is 33.8 Å². The standard InChI is InChI=1S/C39H53N5O9S/c1-38(2,3)32(43-36(48)52-6)34(46)41-28(22-26-17-19-27(20-18-26)29-16-12-13-21-40-29)24-31(45)30(23-25-14-10-9-11-15-25)42-35(47)33(44-37(49)53-7)39(4,5)54(8,50)51/h9-21,28,30-33,45H,22-24H2,1-8H3,(H,41,46)(H,42,47)(H,43,48)(H,44,49). The number of hydrogen-bond donors (Lipinski definition) is 5. The van der Waals surface area contributed by atoms with E-state index in [2.05, 4.69) is 31.0 Å². The number of hydrogen-bond acceptors (Lipinski definition) is 10. The Morgan fingerprint density at radius 3 is 1.78 bits per heavy atom. The van der Waals surface area contributed by atoms with Gasteiger partial charge in [0.1, 0.15) is 12.1 Å². The molecule has 1 heterocycles. The Morgan fingerprint density at radius 1 is 0.722 bits per heavy atom. The molecule has 3 rings (SSSR count). The lowest BCUT2D eigenvalue weighted by Crippen LogP contribution is -2.63. The van der Waals surface area contributed by atoms with Crippen molar-refractivity contribution < 1.29 is 42.2 Å². The van der Waals surface area contributed by atoms with Gasteiger partial charge in [-0.1, -0.05) is 81.4 Å². The van der Waals surface area contributed by atoms with Crippen molar-refractivity contribution in [3.8, 4) is 11.3 Å². The number of rotatable bonds is 16. The van der Waals surface area contributed by atoms with Gasteiger partial charge >= 0.3 is 12.2 Å². The zero-order valence-electron chi connectivity index (χ0n) is 32.1. The second-order valence-corrected chi connectivity index (χ2v) is 17.4. The Morgan fingerprint density at radius 2 is 1.26 bits per heavy atom. The van der Waals surface area contributed by atoms with Crippen LogP contribution in [0, 0.1) is 5.41 Å². The smallest absolute Gasteiger partial charge is 0.407 e. The molecule has 0 spiro atoms. The van der Waals surface area contributed by atoms with Crippen LogP contribution in [-0.2, 0) is 41.7 Å². The van der Waals surface area contributed by atoms with Crippen molar-refractivity contribution in [2.75, 3.05) is 20.5 Å². The molecule has 14 nitrogen and oxygen atoms in total. The molecule has 15 heteroatoms. The first kappa shape index (κ1) is 43.4. The summed E-state index contributed by atoms with van der Waals surface area (Å²) in [6.07, 6.45) is -0.170. The number of nitrogens with zero attached hydrogens (tertiary/aromatic N) is 1. The number of alkyl carbamates (subject to hydrolysis) is 2. The summed E-state index contributed by atoms with van der Waals surface area (Å²) in [7, 11) is -1.63. The summed E-state index contributed by atoms with van der Waals surface area (Å²) in [4.78, 5) is 56.8. The molecule has 0 aliphatic rings. The number of nitrogens with one attached hydrogen (secondary N) is 4. The Kier molecular flexibility index (Phi) is 15.1. The monoisotopic (exact) mass is 767 g/mol. The van der Waals surface area contributed by atoms with E-state index in [0.29, 0.717) is 0 Å².